The minimum atomic E-state index is -0.278. The van der Waals surface area contributed by atoms with Crippen molar-refractivity contribution in [2.75, 3.05) is 6.54 Å². The molecule has 0 saturated carbocycles. The van der Waals surface area contributed by atoms with Crippen molar-refractivity contribution >= 4 is 5.91 Å². The van der Waals surface area contributed by atoms with E-state index >= 15 is 0 Å². The molecule has 0 atom stereocenters. The SMILES string of the molecule is CCCCNC(=O)c1ccc(F)c(C)c1. The number of hydrogen-bond acceptors (Lipinski definition) is 1. The van der Waals surface area contributed by atoms with Crippen molar-refractivity contribution in [3.63, 3.8) is 0 Å². The molecule has 0 fully saturated rings. The minimum absolute atomic E-state index is 0.133. The van der Waals surface area contributed by atoms with Crippen molar-refractivity contribution in [3.8, 4) is 0 Å². The van der Waals surface area contributed by atoms with E-state index in [2.05, 4.69) is 12.2 Å². The van der Waals surface area contributed by atoms with Crippen LogP contribution in [0.25, 0.3) is 0 Å². The van der Waals surface area contributed by atoms with Gasteiger partial charge in [-0.25, -0.2) is 4.39 Å². The monoisotopic (exact) mass is 209 g/mol. The molecule has 0 radical (unpaired) electrons. The van der Waals surface area contributed by atoms with E-state index in [0.29, 0.717) is 17.7 Å². The lowest BCUT2D eigenvalue weighted by Crippen LogP contribution is -2.24. The maximum absolute atomic E-state index is 12.9. The van der Waals surface area contributed by atoms with Gasteiger partial charge in [0.1, 0.15) is 5.82 Å². The van der Waals surface area contributed by atoms with Crippen molar-refractivity contribution in [2.24, 2.45) is 0 Å². The Kier molecular flexibility index (Phi) is 4.28. The summed E-state index contributed by atoms with van der Waals surface area (Å²) < 4.78 is 12.9. The molecule has 82 valence electrons. The van der Waals surface area contributed by atoms with Gasteiger partial charge in [0.2, 0.25) is 0 Å². The molecule has 0 aliphatic carbocycles. The Labute approximate surface area is 89.5 Å². The molecule has 1 N–H and O–H groups in total. The van der Waals surface area contributed by atoms with Crippen LogP contribution in [0.15, 0.2) is 18.2 Å². The Balaban J connectivity index is 2.62. The topological polar surface area (TPSA) is 29.1 Å². The van der Waals surface area contributed by atoms with Crippen molar-refractivity contribution in [2.45, 2.75) is 26.7 Å². The van der Waals surface area contributed by atoms with E-state index in [1.165, 1.54) is 12.1 Å². The fourth-order valence-electron chi connectivity index (χ4n) is 1.27. The van der Waals surface area contributed by atoms with Crippen LogP contribution in [0.4, 0.5) is 4.39 Å². The Morgan fingerprint density at radius 3 is 2.80 bits per heavy atom. The lowest BCUT2D eigenvalue weighted by molar-refractivity contribution is 0.0953. The third-order valence-corrected chi connectivity index (χ3v) is 2.24. The maximum atomic E-state index is 12.9. The van der Waals surface area contributed by atoms with Gasteiger partial charge < -0.3 is 5.32 Å². The number of carbonyl (C=O) groups is 1. The summed E-state index contributed by atoms with van der Waals surface area (Å²) in [6, 6.07) is 4.39. The fourth-order valence-corrected chi connectivity index (χ4v) is 1.27. The first kappa shape index (κ1) is 11.7. The van der Waals surface area contributed by atoms with E-state index in [-0.39, 0.29) is 11.7 Å². The van der Waals surface area contributed by atoms with Gasteiger partial charge in [0.25, 0.3) is 5.91 Å². The Morgan fingerprint density at radius 1 is 1.47 bits per heavy atom. The second-order valence-corrected chi connectivity index (χ2v) is 3.57. The fraction of sp³-hybridized carbons (Fsp3) is 0.417. The van der Waals surface area contributed by atoms with Crippen LogP contribution in [-0.2, 0) is 0 Å². The molecule has 0 unspecified atom stereocenters. The Hall–Kier alpha value is -1.38. The molecular weight excluding hydrogens is 193 g/mol. The number of amides is 1. The van der Waals surface area contributed by atoms with Gasteiger partial charge >= 0.3 is 0 Å². The van der Waals surface area contributed by atoms with Crippen LogP contribution in [0.1, 0.15) is 35.7 Å². The number of nitrogens with one attached hydrogen (secondary N) is 1. The predicted molar refractivity (Wildman–Crippen MR) is 58.4 cm³/mol. The highest BCUT2D eigenvalue weighted by molar-refractivity contribution is 5.94. The van der Waals surface area contributed by atoms with Crippen LogP contribution < -0.4 is 5.32 Å². The number of carbonyl (C=O) groups excluding carboxylic acids is 1. The lowest BCUT2D eigenvalue weighted by Gasteiger charge is -2.05. The lowest BCUT2D eigenvalue weighted by atomic mass is 10.1. The summed E-state index contributed by atoms with van der Waals surface area (Å²) in [6.45, 7) is 4.39. The standard InChI is InChI=1S/C12H16FNO/c1-3-4-7-14-12(15)10-5-6-11(13)9(2)8-10/h5-6,8H,3-4,7H2,1-2H3,(H,14,15). The van der Waals surface area contributed by atoms with E-state index in [1.807, 2.05) is 0 Å². The van der Waals surface area contributed by atoms with Gasteiger partial charge in [-0.3, -0.25) is 4.79 Å². The molecule has 0 heterocycles. The summed E-state index contributed by atoms with van der Waals surface area (Å²) in [4.78, 5) is 11.5. The van der Waals surface area contributed by atoms with Gasteiger partial charge in [0.05, 0.1) is 0 Å². The van der Waals surface area contributed by atoms with Crippen molar-refractivity contribution in [1.29, 1.82) is 0 Å². The second-order valence-electron chi connectivity index (χ2n) is 3.57. The van der Waals surface area contributed by atoms with Gasteiger partial charge in [0, 0.05) is 12.1 Å². The summed E-state index contributed by atoms with van der Waals surface area (Å²) in [5.41, 5.74) is 1.02. The van der Waals surface area contributed by atoms with Crippen molar-refractivity contribution in [3.05, 3.63) is 35.1 Å². The summed E-state index contributed by atoms with van der Waals surface area (Å²) in [5.74, 6) is -0.411. The molecule has 3 heteroatoms. The highest BCUT2D eigenvalue weighted by Crippen LogP contribution is 2.08. The zero-order valence-corrected chi connectivity index (χ0v) is 9.14. The molecule has 15 heavy (non-hydrogen) atoms. The Bertz CT molecular complexity index is 349. The van der Waals surface area contributed by atoms with Crippen LogP contribution in [0, 0.1) is 12.7 Å². The normalized spacial score (nSPS) is 10.1. The number of halogens is 1. The molecule has 0 saturated heterocycles. The third-order valence-electron chi connectivity index (χ3n) is 2.24. The first-order chi connectivity index (χ1) is 7.15. The van der Waals surface area contributed by atoms with E-state index < -0.39 is 0 Å². The smallest absolute Gasteiger partial charge is 0.251 e. The molecule has 1 aromatic rings. The second kappa shape index (κ2) is 5.49. The average molecular weight is 209 g/mol. The van der Waals surface area contributed by atoms with Crippen molar-refractivity contribution in [1.82, 2.24) is 5.32 Å². The molecule has 1 aromatic carbocycles. The number of benzene rings is 1. The molecule has 1 rings (SSSR count). The molecule has 0 aliphatic heterocycles. The first-order valence-corrected chi connectivity index (χ1v) is 5.19. The van der Waals surface area contributed by atoms with E-state index in [1.54, 1.807) is 13.0 Å². The first-order valence-electron chi connectivity index (χ1n) is 5.19. The third kappa shape index (κ3) is 3.35. The molecule has 0 aliphatic rings. The van der Waals surface area contributed by atoms with E-state index in [9.17, 15) is 9.18 Å². The van der Waals surface area contributed by atoms with Crippen LogP contribution in [0.2, 0.25) is 0 Å². The van der Waals surface area contributed by atoms with Gasteiger partial charge in [0.15, 0.2) is 0 Å². The molecular formula is C12H16FNO. The van der Waals surface area contributed by atoms with Gasteiger partial charge in [-0.05, 0) is 37.1 Å². The van der Waals surface area contributed by atoms with Crippen LogP contribution in [0.3, 0.4) is 0 Å². The highest BCUT2D eigenvalue weighted by Gasteiger charge is 2.06. The van der Waals surface area contributed by atoms with E-state index in [0.717, 1.165) is 12.8 Å². The molecule has 1 amide bonds. The van der Waals surface area contributed by atoms with Crippen LogP contribution in [0.5, 0.6) is 0 Å². The number of unbranched alkanes of at least 4 members (excludes halogenated alkanes) is 1. The summed E-state index contributed by atoms with van der Waals surface area (Å²) >= 11 is 0. The summed E-state index contributed by atoms with van der Waals surface area (Å²) in [5, 5.41) is 2.79. The minimum Gasteiger partial charge on any atom is -0.352 e. The zero-order valence-electron chi connectivity index (χ0n) is 9.14. The van der Waals surface area contributed by atoms with Gasteiger partial charge in [-0.15, -0.1) is 0 Å². The van der Waals surface area contributed by atoms with Crippen molar-refractivity contribution < 1.29 is 9.18 Å². The maximum Gasteiger partial charge on any atom is 0.251 e. The van der Waals surface area contributed by atoms with Crippen LogP contribution in [-0.4, -0.2) is 12.5 Å². The van der Waals surface area contributed by atoms with Crippen LogP contribution >= 0.6 is 0 Å². The number of hydrogen-bond donors (Lipinski definition) is 1. The molecule has 0 bridgehead atoms. The van der Waals surface area contributed by atoms with Gasteiger partial charge in [-0.1, -0.05) is 13.3 Å². The highest BCUT2D eigenvalue weighted by atomic mass is 19.1. The van der Waals surface area contributed by atoms with Gasteiger partial charge in [-0.2, -0.15) is 0 Å². The predicted octanol–water partition coefficient (Wildman–Crippen LogP) is 2.66. The number of rotatable bonds is 4. The quantitative estimate of drug-likeness (QED) is 0.759. The average Bonchev–Trinajstić information content (AvgIpc) is 2.22. The summed E-state index contributed by atoms with van der Waals surface area (Å²) in [6.07, 6.45) is 2.01. The summed E-state index contributed by atoms with van der Waals surface area (Å²) in [7, 11) is 0. The molecule has 0 aromatic heterocycles. The Morgan fingerprint density at radius 2 is 2.20 bits per heavy atom. The van der Waals surface area contributed by atoms with E-state index in [4.69, 9.17) is 0 Å². The zero-order chi connectivity index (χ0) is 11.3. The number of aryl methyl sites for hydroxylation is 1. The molecule has 2 nitrogen and oxygen atoms in total. The molecule has 0 spiro atoms. The largest absolute Gasteiger partial charge is 0.352 e.